The lowest BCUT2D eigenvalue weighted by atomic mass is 9.98. The van der Waals surface area contributed by atoms with Crippen LogP contribution in [0.15, 0.2) is 0 Å². The Morgan fingerprint density at radius 2 is 2.00 bits per heavy atom. The van der Waals surface area contributed by atoms with Gasteiger partial charge in [0.25, 0.3) is 0 Å². The lowest BCUT2D eigenvalue weighted by molar-refractivity contribution is -0.122. The number of hydrogen-bond acceptors (Lipinski definition) is 5. The minimum absolute atomic E-state index is 0.0507. The highest BCUT2D eigenvalue weighted by Gasteiger charge is 2.37. The van der Waals surface area contributed by atoms with Crippen molar-refractivity contribution in [3.63, 3.8) is 0 Å². The maximum atomic E-state index is 12.0. The van der Waals surface area contributed by atoms with Gasteiger partial charge in [0, 0.05) is 6.54 Å². The van der Waals surface area contributed by atoms with Gasteiger partial charge in [-0.3, -0.25) is 9.69 Å². The van der Waals surface area contributed by atoms with Crippen LogP contribution in [-0.2, 0) is 14.6 Å². The maximum Gasteiger partial charge on any atom is 0.234 e. The minimum Gasteiger partial charge on any atom is -0.350 e. The van der Waals surface area contributed by atoms with Gasteiger partial charge in [-0.05, 0) is 38.9 Å². The zero-order valence-electron chi connectivity index (χ0n) is 12.3. The first kappa shape index (κ1) is 17.0. The van der Waals surface area contributed by atoms with Crippen molar-refractivity contribution >= 4 is 27.3 Å². The molecule has 2 rings (SSSR count). The zero-order valence-corrected chi connectivity index (χ0v) is 13.9. The molecule has 2 saturated heterocycles. The molecule has 6 nitrogen and oxygen atoms in total. The summed E-state index contributed by atoms with van der Waals surface area (Å²) in [6.07, 6.45) is 2.27. The molecule has 2 fully saturated rings. The van der Waals surface area contributed by atoms with E-state index in [2.05, 4.69) is 10.6 Å². The molecule has 2 heterocycles. The molecule has 0 radical (unpaired) electrons. The van der Waals surface area contributed by atoms with E-state index in [-0.39, 0.29) is 24.0 Å². The average Bonchev–Trinajstić information content (AvgIpc) is 2.62. The quantitative estimate of drug-likeness (QED) is 0.657. The van der Waals surface area contributed by atoms with Crippen LogP contribution >= 0.6 is 11.6 Å². The summed E-state index contributed by atoms with van der Waals surface area (Å²) < 4.78 is 22.9. The van der Waals surface area contributed by atoms with Crippen molar-refractivity contribution in [3.05, 3.63) is 0 Å². The first-order chi connectivity index (χ1) is 9.85. The summed E-state index contributed by atoms with van der Waals surface area (Å²) in [5.41, 5.74) is 0. The van der Waals surface area contributed by atoms with Gasteiger partial charge in [-0.15, -0.1) is 11.6 Å². The van der Waals surface area contributed by atoms with Crippen LogP contribution in [0, 0.1) is 5.92 Å². The fourth-order valence-electron chi connectivity index (χ4n) is 3.00. The predicted octanol–water partition coefficient (Wildman–Crippen LogP) is -0.562. The number of carbonyl (C=O) groups excluding carboxylic acids is 1. The normalized spacial score (nSPS) is 29.7. The van der Waals surface area contributed by atoms with E-state index in [4.69, 9.17) is 11.6 Å². The summed E-state index contributed by atoms with van der Waals surface area (Å²) in [6.45, 7) is 3.25. The summed E-state index contributed by atoms with van der Waals surface area (Å²) in [5, 5.41) is 5.55. The molecule has 2 aliphatic rings. The Labute approximate surface area is 131 Å². The Balaban J connectivity index is 1.73. The molecule has 0 spiro atoms. The van der Waals surface area contributed by atoms with Crippen LogP contribution in [0.2, 0.25) is 0 Å². The highest BCUT2D eigenvalue weighted by molar-refractivity contribution is 7.91. The number of amides is 1. The van der Waals surface area contributed by atoms with Crippen LogP contribution in [0.5, 0.6) is 0 Å². The number of nitrogens with zero attached hydrogens (tertiary/aromatic N) is 1. The fraction of sp³-hybridized carbons (Fsp3) is 0.923. The summed E-state index contributed by atoms with van der Waals surface area (Å²) in [5.74, 6) is 0.367. The molecule has 1 amide bonds. The lowest BCUT2D eigenvalue weighted by Crippen LogP contribution is -2.46. The monoisotopic (exact) mass is 337 g/mol. The van der Waals surface area contributed by atoms with Crippen molar-refractivity contribution in [2.75, 3.05) is 44.7 Å². The van der Waals surface area contributed by atoms with Gasteiger partial charge in [-0.2, -0.15) is 0 Å². The second kappa shape index (κ2) is 7.26. The van der Waals surface area contributed by atoms with Gasteiger partial charge in [0.2, 0.25) is 5.91 Å². The van der Waals surface area contributed by atoms with E-state index in [0.29, 0.717) is 5.92 Å². The first-order valence-corrected chi connectivity index (χ1v) is 9.64. The Morgan fingerprint density at radius 1 is 1.33 bits per heavy atom. The molecule has 0 aromatic rings. The predicted molar refractivity (Wildman–Crippen MR) is 83.3 cm³/mol. The number of alkyl halides is 1. The third-order valence-corrected chi connectivity index (χ3v) is 6.45. The van der Waals surface area contributed by atoms with E-state index < -0.39 is 21.3 Å². The van der Waals surface area contributed by atoms with Gasteiger partial charge >= 0.3 is 0 Å². The summed E-state index contributed by atoms with van der Waals surface area (Å²) in [6, 6.07) is -0.462. The van der Waals surface area contributed by atoms with E-state index in [1.165, 1.54) is 0 Å². The van der Waals surface area contributed by atoms with Crippen LogP contribution in [0.3, 0.4) is 0 Å². The fourth-order valence-corrected chi connectivity index (χ4v) is 5.55. The Bertz CT molecular complexity index is 465. The van der Waals surface area contributed by atoms with Crippen LogP contribution in [0.4, 0.5) is 0 Å². The molecule has 0 bridgehead atoms. The molecule has 0 aliphatic carbocycles. The number of nitrogens with one attached hydrogen (secondary N) is 2. The van der Waals surface area contributed by atoms with Crippen LogP contribution < -0.4 is 10.6 Å². The van der Waals surface area contributed by atoms with Gasteiger partial charge in [0.15, 0.2) is 9.84 Å². The van der Waals surface area contributed by atoms with Crippen molar-refractivity contribution in [3.8, 4) is 0 Å². The SMILES string of the molecule is CN(CC(=O)NC1CS(=O)(=O)CC1Cl)CC1CCNCC1. The molecule has 2 N–H and O–H groups in total. The third kappa shape index (κ3) is 5.39. The summed E-state index contributed by atoms with van der Waals surface area (Å²) in [7, 11) is -1.19. The van der Waals surface area contributed by atoms with E-state index >= 15 is 0 Å². The van der Waals surface area contributed by atoms with Crippen molar-refractivity contribution in [1.29, 1.82) is 0 Å². The van der Waals surface area contributed by atoms with E-state index in [9.17, 15) is 13.2 Å². The van der Waals surface area contributed by atoms with Gasteiger partial charge in [-0.25, -0.2) is 8.42 Å². The maximum absolute atomic E-state index is 12.0. The largest absolute Gasteiger partial charge is 0.350 e. The van der Waals surface area contributed by atoms with Gasteiger partial charge < -0.3 is 10.6 Å². The number of likely N-dealkylation sites (N-methyl/N-ethyl adjacent to an activating group) is 1. The molecule has 8 heteroatoms. The molecule has 122 valence electrons. The van der Waals surface area contributed by atoms with Crippen LogP contribution in [-0.4, -0.2) is 75.4 Å². The molecular weight excluding hydrogens is 314 g/mol. The molecule has 21 heavy (non-hydrogen) atoms. The Hall–Kier alpha value is -0.370. The van der Waals surface area contributed by atoms with Crippen molar-refractivity contribution in [1.82, 2.24) is 15.5 Å². The van der Waals surface area contributed by atoms with Gasteiger partial charge in [0.05, 0.1) is 29.5 Å². The van der Waals surface area contributed by atoms with E-state index in [1.54, 1.807) is 0 Å². The van der Waals surface area contributed by atoms with Crippen molar-refractivity contribution in [2.45, 2.75) is 24.3 Å². The zero-order chi connectivity index (χ0) is 15.5. The van der Waals surface area contributed by atoms with Gasteiger partial charge in [0.1, 0.15) is 0 Å². The lowest BCUT2D eigenvalue weighted by Gasteiger charge is -2.27. The number of sulfone groups is 1. The third-order valence-electron chi connectivity index (χ3n) is 4.07. The molecule has 2 unspecified atom stereocenters. The van der Waals surface area contributed by atoms with Crippen molar-refractivity contribution < 1.29 is 13.2 Å². The number of carbonyl (C=O) groups is 1. The highest BCUT2D eigenvalue weighted by atomic mass is 35.5. The second-order valence-electron chi connectivity index (χ2n) is 6.16. The molecular formula is C13H24ClN3O3S. The van der Waals surface area contributed by atoms with Crippen LogP contribution in [0.1, 0.15) is 12.8 Å². The molecule has 2 aliphatic heterocycles. The molecule has 0 saturated carbocycles. The number of hydrogen-bond donors (Lipinski definition) is 2. The van der Waals surface area contributed by atoms with Crippen LogP contribution in [0.25, 0.3) is 0 Å². The van der Waals surface area contributed by atoms with Crippen molar-refractivity contribution in [2.24, 2.45) is 5.92 Å². The average molecular weight is 338 g/mol. The first-order valence-electron chi connectivity index (χ1n) is 7.39. The van der Waals surface area contributed by atoms with Gasteiger partial charge in [-0.1, -0.05) is 0 Å². The minimum atomic E-state index is -3.11. The standard InChI is InChI=1S/C13H24ClN3O3S/c1-17(6-10-2-4-15-5-3-10)7-13(18)16-12-9-21(19,20)8-11(12)14/h10-12,15H,2-9H2,1H3,(H,16,18). The highest BCUT2D eigenvalue weighted by Crippen LogP contribution is 2.18. The summed E-state index contributed by atoms with van der Waals surface area (Å²) >= 11 is 5.98. The molecule has 0 aromatic carbocycles. The Morgan fingerprint density at radius 3 is 2.57 bits per heavy atom. The topological polar surface area (TPSA) is 78.5 Å². The summed E-state index contributed by atoms with van der Waals surface area (Å²) in [4.78, 5) is 14.0. The van der Waals surface area contributed by atoms with E-state index in [1.807, 2.05) is 11.9 Å². The number of rotatable bonds is 5. The second-order valence-corrected chi connectivity index (χ2v) is 8.87. The van der Waals surface area contributed by atoms with E-state index in [0.717, 1.165) is 32.5 Å². The number of piperidine rings is 1. The smallest absolute Gasteiger partial charge is 0.234 e. The molecule has 0 aromatic heterocycles. The molecule has 2 atom stereocenters. The number of halogens is 1. The Kier molecular flexibility index (Phi) is 5.88.